The summed E-state index contributed by atoms with van der Waals surface area (Å²) in [6, 6.07) is 14.3. The van der Waals surface area contributed by atoms with Crippen molar-refractivity contribution in [1.29, 1.82) is 0 Å². The molecule has 3 aromatic rings. The number of hydrogen-bond acceptors (Lipinski definition) is 8. The van der Waals surface area contributed by atoms with E-state index in [1.54, 1.807) is 6.20 Å². The standard InChI is InChI=1S/C19H18N6O4S/c26-25(27)15-4-3-5-16(14-15)30(28,29)24-12-10-23(11-13-24)19-8-7-18(21-22-19)17-6-1-2-9-20-17/h1-9,14H,10-13H2. The summed E-state index contributed by atoms with van der Waals surface area (Å²) >= 11 is 0. The van der Waals surface area contributed by atoms with Crippen molar-refractivity contribution in [3.8, 4) is 11.4 Å². The molecule has 30 heavy (non-hydrogen) atoms. The smallest absolute Gasteiger partial charge is 0.270 e. The molecule has 0 N–H and O–H groups in total. The lowest BCUT2D eigenvalue weighted by atomic mass is 10.2. The summed E-state index contributed by atoms with van der Waals surface area (Å²) in [6.07, 6.45) is 1.69. The minimum atomic E-state index is -3.81. The van der Waals surface area contributed by atoms with Gasteiger partial charge in [-0.25, -0.2) is 8.42 Å². The van der Waals surface area contributed by atoms with Gasteiger partial charge in [-0.2, -0.15) is 4.31 Å². The quantitative estimate of drug-likeness (QED) is 0.448. The molecule has 0 spiro atoms. The molecule has 0 saturated carbocycles. The summed E-state index contributed by atoms with van der Waals surface area (Å²) in [6.45, 7) is 1.36. The second-order valence-corrected chi connectivity index (χ2v) is 8.58. The Balaban J connectivity index is 1.45. The first-order chi connectivity index (χ1) is 14.4. The van der Waals surface area contributed by atoms with Gasteiger partial charge in [-0.05, 0) is 30.3 Å². The molecule has 0 amide bonds. The van der Waals surface area contributed by atoms with Crippen molar-refractivity contribution < 1.29 is 13.3 Å². The van der Waals surface area contributed by atoms with Crippen LogP contribution in [0.1, 0.15) is 0 Å². The van der Waals surface area contributed by atoms with E-state index >= 15 is 0 Å². The molecule has 0 atom stereocenters. The summed E-state index contributed by atoms with van der Waals surface area (Å²) in [5.41, 5.74) is 1.13. The Morgan fingerprint density at radius 2 is 1.70 bits per heavy atom. The summed E-state index contributed by atoms with van der Waals surface area (Å²) in [4.78, 5) is 16.5. The molecule has 0 radical (unpaired) electrons. The van der Waals surface area contributed by atoms with Crippen molar-refractivity contribution in [2.24, 2.45) is 0 Å². The maximum Gasteiger partial charge on any atom is 0.270 e. The maximum atomic E-state index is 12.9. The van der Waals surface area contributed by atoms with E-state index in [4.69, 9.17) is 0 Å². The highest BCUT2D eigenvalue weighted by Crippen LogP contribution is 2.23. The SMILES string of the molecule is O=[N+]([O-])c1cccc(S(=O)(=O)N2CCN(c3ccc(-c4ccccn4)nn3)CC2)c1. The van der Waals surface area contributed by atoms with E-state index in [9.17, 15) is 18.5 Å². The number of nitrogens with zero attached hydrogens (tertiary/aromatic N) is 6. The number of nitro benzene ring substituents is 1. The molecule has 1 aliphatic heterocycles. The first-order valence-corrected chi connectivity index (χ1v) is 10.6. The Morgan fingerprint density at radius 1 is 0.900 bits per heavy atom. The van der Waals surface area contributed by atoms with E-state index in [-0.39, 0.29) is 23.7 Å². The lowest BCUT2D eigenvalue weighted by Gasteiger charge is -2.34. The zero-order chi connectivity index (χ0) is 21.1. The molecule has 0 unspecified atom stereocenters. The molecule has 11 heteroatoms. The fourth-order valence-electron chi connectivity index (χ4n) is 3.21. The van der Waals surface area contributed by atoms with E-state index in [0.717, 1.165) is 11.8 Å². The number of non-ortho nitro benzene ring substituents is 1. The molecule has 2 aromatic heterocycles. The average molecular weight is 426 g/mol. The largest absolute Gasteiger partial charge is 0.352 e. The average Bonchev–Trinajstić information content (AvgIpc) is 2.80. The van der Waals surface area contributed by atoms with Crippen LogP contribution in [0.5, 0.6) is 0 Å². The van der Waals surface area contributed by atoms with Gasteiger partial charge in [-0.1, -0.05) is 12.1 Å². The number of aromatic nitrogens is 3. The number of sulfonamides is 1. The van der Waals surface area contributed by atoms with E-state index in [1.807, 2.05) is 35.2 Å². The van der Waals surface area contributed by atoms with E-state index in [1.165, 1.54) is 22.5 Å². The van der Waals surface area contributed by atoms with Gasteiger partial charge < -0.3 is 4.90 Å². The van der Waals surface area contributed by atoms with Crippen LogP contribution in [0.4, 0.5) is 11.5 Å². The van der Waals surface area contributed by atoms with Crippen LogP contribution in [-0.2, 0) is 10.0 Å². The van der Waals surface area contributed by atoms with Gasteiger partial charge in [0.15, 0.2) is 5.82 Å². The van der Waals surface area contributed by atoms with Crippen molar-refractivity contribution in [2.75, 3.05) is 31.1 Å². The highest BCUT2D eigenvalue weighted by molar-refractivity contribution is 7.89. The van der Waals surface area contributed by atoms with E-state index in [2.05, 4.69) is 15.2 Å². The van der Waals surface area contributed by atoms with Crippen LogP contribution in [0, 0.1) is 10.1 Å². The highest BCUT2D eigenvalue weighted by Gasteiger charge is 2.30. The zero-order valence-corrected chi connectivity index (χ0v) is 16.6. The number of nitro groups is 1. The Bertz CT molecular complexity index is 1150. The molecule has 1 fully saturated rings. The van der Waals surface area contributed by atoms with E-state index in [0.29, 0.717) is 24.6 Å². The van der Waals surface area contributed by atoms with Crippen LogP contribution in [0.25, 0.3) is 11.4 Å². The Labute approximate surface area is 173 Å². The molecule has 10 nitrogen and oxygen atoms in total. The third-order valence-electron chi connectivity index (χ3n) is 4.81. The molecule has 3 heterocycles. The monoisotopic (exact) mass is 426 g/mol. The molecule has 1 aliphatic rings. The number of benzene rings is 1. The normalized spacial score (nSPS) is 15.1. The molecule has 154 valence electrons. The summed E-state index contributed by atoms with van der Waals surface area (Å²) in [5.74, 6) is 0.655. The predicted octanol–water partition coefficient (Wildman–Crippen LogP) is 1.96. The first kappa shape index (κ1) is 19.9. The third kappa shape index (κ3) is 3.98. The molecule has 1 aromatic carbocycles. The Morgan fingerprint density at radius 3 is 2.33 bits per heavy atom. The van der Waals surface area contributed by atoms with Gasteiger partial charge in [-0.3, -0.25) is 15.1 Å². The van der Waals surface area contributed by atoms with Crippen LogP contribution in [-0.4, -0.2) is 59.0 Å². The lowest BCUT2D eigenvalue weighted by Crippen LogP contribution is -2.49. The van der Waals surface area contributed by atoms with Gasteiger partial charge in [0.1, 0.15) is 5.69 Å². The second-order valence-electron chi connectivity index (χ2n) is 6.64. The van der Waals surface area contributed by atoms with E-state index < -0.39 is 14.9 Å². The minimum Gasteiger partial charge on any atom is -0.352 e. The number of hydrogen-bond donors (Lipinski definition) is 0. The Hall–Kier alpha value is -3.44. The van der Waals surface area contributed by atoms with Crippen molar-refractivity contribution in [3.05, 3.63) is 70.9 Å². The Kier molecular flexibility index (Phi) is 5.38. The summed E-state index contributed by atoms with van der Waals surface area (Å²) < 4.78 is 27.0. The number of rotatable bonds is 5. The lowest BCUT2D eigenvalue weighted by molar-refractivity contribution is -0.385. The molecule has 0 bridgehead atoms. The van der Waals surface area contributed by atoms with Crippen LogP contribution in [0.2, 0.25) is 0 Å². The van der Waals surface area contributed by atoms with Gasteiger partial charge in [0.05, 0.1) is 15.5 Å². The zero-order valence-electron chi connectivity index (χ0n) is 15.8. The first-order valence-electron chi connectivity index (χ1n) is 9.20. The minimum absolute atomic E-state index is 0.0790. The molecular formula is C19H18N6O4S. The van der Waals surface area contributed by atoms with Gasteiger partial charge in [0.2, 0.25) is 10.0 Å². The summed E-state index contributed by atoms with van der Waals surface area (Å²) in [7, 11) is -3.81. The number of piperazine rings is 1. The van der Waals surface area contributed by atoms with Crippen LogP contribution < -0.4 is 4.90 Å². The fourth-order valence-corrected chi connectivity index (χ4v) is 4.67. The second kappa shape index (κ2) is 8.13. The number of anilines is 1. The summed E-state index contributed by atoms with van der Waals surface area (Å²) in [5, 5.41) is 19.4. The highest BCUT2D eigenvalue weighted by atomic mass is 32.2. The molecule has 4 rings (SSSR count). The molecular weight excluding hydrogens is 408 g/mol. The predicted molar refractivity (Wildman–Crippen MR) is 109 cm³/mol. The van der Waals surface area contributed by atoms with Gasteiger partial charge in [0.25, 0.3) is 5.69 Å². The van der Waals surface area contributed by atoms with Gasteiger partial charge in [0, 0.05) is 44.5 Å². The molecule has 0 aliphatic carbocycles. The molecule has 1 saturated heterocycles. The van der Waals surface area contributed by atoms with Gasteiger partial charge >= 0.3 is 0 Å². The van der Waals surface area contributed by atoms with Crippen LogP contribution >= 0.6 is 0 Å². The van der Waals surface area contributed by atoms with Crippen molar-refractivity contribution in [3.63, 3.8) is 0 Å². The maximum absolute atomic E-state index is 12.9. The fraction of sp³-hybridized carbons (Fsp3) is 0.211. The third-order valence-corrected chi connectivity index (χ3v) is 6.70. The van der Waals surface area contributed by atoms with Crippen molar-refractivity contribution >= 4 is 21.5 Å². The van der Waals surface area contributed by atoms with Gasteiger partial charge in [-0.15, -0.1) is 10.2 Å². The van der Waals surface area contributed by atoms with Crippen LogP contribution in [0.3, 0.4) is 0 Å². The van der Waals surface area contributed by atoms with Crippen LogP contribution in [0.15, 0.2) is 65.7 Å². The number of pyridine rings is 1. The van der Waals surface area contributed by atoms with Crippen molar-refractivity contribution in [1.82, 2.24) is 19.5 Å². The topological polar surface area (TPSA) is 122 Å². The van der Waals surface area contributed by atoms with Crippen molar-refractivity contribution in [2.45, 2.75) is 4.90 Å².